The Kier molecular flexibility index (Phi) is 7.87. The average Bonchev–Trinajstić information content (AvgIpc) is 2.72. The van der Waals surface area contributed by atoms with Crippen LogP contribution in [0.25, 0.3) is 16.8 Å². The van der Waals surface area contributed by atoms with Crippen LogP contribution in [-0.4, -0.2) is 48.1 Å². The number of amides is 1. The van der Waals surface area contributed by atoms with E-state index in [1.54, 1.807) is 4.90 Å². The van der Waals surface area contributed by atoms with Gasteiger partial charge in [0.1, 0.15) is 0 Å². The number of allylic oxidation sites excluding steroid dienone is 2. The zero-order valence-electron chi connectivity index (χ0n) is 21.5. The summed E-state index contributed by atoms with van der Waals surface area (Å²) in [6.45, 7) is 11.6. The van der Waals surface area contributed by atoms with Gasteiger partial charge in [-0.05, 0) is 13.8 Å². The Morgan fingerprint density at radius 3 is 2.45 bits per heavy atom. The average molecular weight is 556 g/mol. The van der Waals surface area contributed by atoms with E-state index in [1.165, 1.54) is 14.5 Å². The van der Waals surface area contributed by atoms with E-state index in [2.05, 4.69) is 78.1 Å². The summed E-state index contributed by atoms with van der Waals surface area (Å²) in [6, 6.07) is 8.53. The standard InChI is InChI=1S/C25H30NO3.3CH3.Sn/c1-6-26(7-2)24(27)28-20-12-10-19-11-13-23-21(22(19)17-20)14-16-25(5,29-23)15-8-9-18(3)4;;;;/h9-11,13-14,16-17H,6-8,15H2,1-5H3;3*1H3;. The van der Waals surface area contributed by atoms with Gasteiger partial charge in [-0.25, -0.2) is 0 Å². The second kappa shape index (κ2) is 10.1. The van der Waals surface area contributed by atoms with Crippen molar-refractivity contribution in [3.05, 3.63) is 47.6 Å². The third-order valence-corrected chi connectivity index (χ3v) is 12.0. The molecule has 1 aliphatic rings. The van der Waals surface area contributed by atoms with Gasteiger partial charge in [-0.15, -0.1) is 0 Å². The topological polar surface area (TPSA) is 38.8 Å². The van der Waals surface area contributed by atoms with Crippen LogP contribution in [0.2, 0.25) is 14.8 Å². The minimum absolute atomic E-state index is 0.278. The molecule has 1 amide bonds. The van der Waals surface area contributed by atoms with Crippen LogP contribution in [0.1, 0.15) is 53.0 Å². The molecule has 0 radical (unpaired) electrons. The molecule has 0 aliphatic carbocycles. The molecule has 0 fully saturated rings. The van der Waals surface area contributed by atoms with Crippen molar-refractivity contribution in [3.63, 3.8) is 0 Å². The zero-order chi connectivity index (χ0) is 24.4. The number of hydrogen-bond acceptors (Lipinski definition) is 3. The van der Waals surface area contributed by atoms with Crippen LogP contribution in [0.5, 0.6) is 11.5 Å². The van der Waals surface area contributed by atoms with Crippen LogP contribution in [0, 0.1) is 0 Å². The zero-order valence-corrected chi connectivity index (χ0v) is 24.4. The molecule has 33 heavy (non-hydrogen) atoms. The monoisotopic (exact) mass is 557 g/mol. The normalized spacial score (nSPS) is 17.3. The van der Waals surface area contributed by atoms with Gasteiger partial charge in [0.25, 0.3) is 0 Å². The van der Waals surface area contributed by atoms with Crippen LogP contribution in [-0.2, 0) is 0 Å². The summed E-state index contributed by atoms with van der Waals surface area (Å²) >= 11 is -2.56. The van der Waals surface area contributed by atoms with Gasteiger partial charge in [0.15, 0.2) is 0 Å². The van der Waals surface area contributed by atoms with E-state index in [-0.39, 0.29) is 11.7 Å². The predicted octanol–water partition coefficient (Wildman–Crippen LogP) is 7.14. The number of nitrogens with zero attached hydrogens (tertiary/aromatic N) is 1. The molecule has 0 saturated carbocycles. The number of ether oxygens (including phenoxy) is 2. The molecule has 1 unspecified atom stereocenters. The molecule has 2 aromatic carbocycles. The Morgan fingerprint density at radius 2 is 1.85 bits per heavy atom. The summed E-state index contributed by atoms with van der Waals surface area (Å²) in [4.78, 5) is 21.6. The molecule has 5 heteroatoms. The number of carbonyl (C=O) groups excluding carboxylic acids is 1. The summed E-state index contributed by atoms with van der Waals surface area (Å²) in [6.07, 6.45) is 8.25. The number of rotatable bonds is 7. The summed E-state index contributed by atoms with van der Waals surface area (Å²) in [5.41, 5.74) is 2.06. The fraction of sp³-hybridized carbons (Fsp3) is 0.464. The summed E-state index contributed by atoms with van der Waals surface area (Å²) in [5, 5.41) is 2.23. The molecule has 1 heterocycles. The first kappa shape index (κ1) is 25.7. The van der Waals surface area contributed by atoms with Crippen LogP contribution in [0.3, 0.4) is 0 Å². The fourth-order valence-electron chi connectivity index (χ4n) is 4.25. The van der Waals surface area contributed by atoms with E-state index in [0.717, 1.165) is 29.5 Å². The molecule has 0 N–H and O–H groups in total. The van der Waals surface area contributed by atoms with Crippen molar-refractivity contribution in [3.8, 4) is 11.5 Å². The summed E-state index contributed by atoms with van der Waals surface area (Å²) < 4.78 is 13.7. The van der Waals surface area contributed by atoms with Crippen LogP contribution >= 0.6 is 0 Å². The van der Waals surface area contributed by atoms with Crippen molar-refractivity contribution < 1.29 is 14.3 Å². The molecule has 3 rings (SSSR count). The van der Waals surface area contributed by atoms with Crippen molar-refractivity contribution in [2.45, 2.75) is 67.9 Å². The van der Waals surface area contributed by atoms with Crippen LogP contribution in [0.4, 0.5) is 4.79 Å². The number of fused-ring (bicyclic) bond motifs is 3. The van der Waals surface area contributed by atoms with Gasteiger partial charge in [0.2, 0.25) is 0 Å². The minimum atomic E-state index is -2.56. The van der Waals surface area contributed by atoms with E-state index in [9.17, 15) is 4.79 Å². The maximum atomic E-state index is 12.8. The van der Waals surface area contributed by atoms with Gasteiger partial charge < -0.3 is 0 Å². The molecule has 178 valence electrons. The number of hydrogen-bond donors (Lipinski definition) is 0. The van der Waals surface area contributed by atoms with Gasteiger partial charge >= 0.3 is 190 Å². The van der Waals surface area contributed by atoms with Crippen molar-refractivity contribution in [1.29, 1.82) is 0 Å². The molecule has 4 nitrogen and oxygen atoms in total. The number of carbonyl (C=O) groups is 1. The quantitative estimate of drug-likeness (QED) is 0.269. The first-order valence-electron chi connectivity index (χ1n) is 12.1. The van der Waals surface area contributed by atoms with Gasteiger partial charge in [-0.3, -0.25) is 0 Å². The Balaban J connectivity index is 2.04. The Morgan fingerprint density at radius 1 is 1.15 bits per heavy atom. The van der Waals surface area contributed by atoms with Gasteiger partial charge in [-0.2, -0.15) is 0 Å². The van der Waals surface area contributed by atoms with Crippen LogP contribution < -0.4 is 13.1 Å². The van der Waals surface area contributed by atoms with Crippen molar-refractivity contribution in [2.75, 3.05) is 13.1 Å². The molecule has 2 aromatic rings. The van der Waals surface area contributed by atoms with Crippen molar-refractivity contribution in [2.24, 2.45) is 0 Å². The maximum absolute atomic E-state index is 12.8. The van der Waals surface area contributed by atoms with E-state index in [1.807, 2.05) is 13.8 Å². The van der Waals surface area contributed by atoms with E-state index in [4.69, 9.17) is 9.47 Å². The SMILES string of the molecule is CCN(CC)C(=O)Oc1cc2c3c(ccc2c[c]1[Sn]([CH3])([CH3])[CH3])OC(C)(CCC=C(C)C)C=C3. The molecule has 0 spiro atoms. The molecule has 1 atom stereocenters. The van der Waals surface area contributed by atoms with E-state index < -0.39 is 18.4 Å². The molecule has 0 bridgehead atoms. The van der Waals surface area contributed by atoms with Gasteiger partial charge in [0.05, 0.1) is 0 Å². The molecular formula is C28H39NO3Sn. The molecule has 0 saturated heterocycles. The molecule has 0 aromatic heterocycles. The summed E-state index contributed by atoms with van der Waals surface area (Å²) in [7, 11) is 0. The van der Waals surface area contributed by atoms with Crippen molar-refractivity contribution >= 4 is 44.9 Å². The van der Waals surface area contributed by atoms with E-state index in [0.29, 0.717) is 18.8 Å². The van der Waals surface area contributed by atoms with E-state index >= 15 is 0 Å². The predicted molar refractivity (Wildman–Crippen MR) is 143 cm³/mol. The third-order valence-electron chi connectivity index (χ3n) is 6.29. The van der Waals surface area contributed by atoms with Gasteiger partial charge in [-0.1, -0.05) is 0 Å². The molecule has 1 aliphatic heterocycles. The summed E-state index contributed by atoms with van der Waals surface area (Å²) in [5.74, 6) is 1.60. The Hall–Kier alpha value is -1.95. The number of benzene rings is 2. The fourth-order valence-corrected chi connectivity index (χ4v) is 8.40. The van der Waals surface area contributed by atoms with Gasteiger partial charge in [0, 0.05) is 0 Å². The second-order valence-corrected chi connectivity index (χ2v) is 24.8. The Labute approximate surface area is 203 Å². The first-order chi connectivity index (χ1) is 15.5. The Bertz CT molecular complexity index is 1090. The van der Waals surface area contributed by atoms with Crippen LogP contribution in [0.15, 0.2) is 42.0 Å². The third kappa shape index (κ3) is 5.95. The second-order valence-electron chi connectivity index (χ2n) is 10.4. The first-order valence-corrected chi connectivity index (χ1v) is 22.1. The molecular weight excluding hydrogens is 517 g/mol. The van der Waals surface area contributed by atoms with Crippen molar-refractivity contribution in [1.82, 2.24) is 4.90 Å².